The highest BCUT2D eigenvalue weighted by Gasteiger charge is 2.21. The van der Waals surface area contributed by atoms with Gasteiger partial charge in [0.05, 0.1) is 30.6 Å². The third-order valence-corrected chi connectivity index (χ3v) is 4.92. The molecule has 0 saturated heterocycles. The van der Waals surface area contributed by atoms with Crippen LogP contribution in [0.15, 0.2) is 30.5 Å². The van der Waals surface area contributed by atoms with Crippen LogP contribution in [-0.4, -0.2) is 32.7 Å². The van der Waals surface area contributed by atoms with E-state index >= 15 is 0 Å². The number of nitrogens with one attached hydrogen (secondary N) is 2. The summed E-state index contributed by atoms with van der Waals surface area (Å²) < 4.78 is 8.94. The van der Waals surface area contributed by atoms with Crippen molar-refractivity contribution in [2.75, 3.05) is 12.4 Å². The number of amides is 2. The monoisotopic (exact) mass is 382 g/mol. The molecule has 0 saturated carbocycles. The van der Waals surface area contributed by atoms with Gasteiger partial charge in [-0.3, -0.25) is 14.7 Å². The maximum absolute atomic E-state index is 12.7. The number of rotatable bonds is 5. The number of anilines is 1. The maximum Gasteiger partial charge on any atom is 0.320 e. The fourth-order valence-corrected chi connectivity index (χ4v) is 3.33. The first-order valence-corrected chi connectivity index (χ1v) is 9.06. The fourth-order valence-electron chi connectivity index (χ4n) is 3.33. The molecule has 1 aromatic carbocycles. The standard InChI is InChI=1S/C20H26N6O2/c1-12(16-11-21-25(4)14(16)3)22-20(27)23-19-18(13(2)24-26(19)5)15-9-7-8-10-17(15)28-6/h7-12H,1-6H3,(H2,22,23,27)/t12-/m1/s1. The Bertz CT molecular complexity index is 1000. The number of ether oxygens (including phenoxy) is 1. The van der Waals surface area contributed by atoms with E-state index in [9.17, 15) is 4.79 Å². The average molecular weight is 382 g/mol. The van der Waals surface area contributed by atoms with Crippen molar-refractivity contribution in [1.29, 1.82) is 0 Å². The molecule has 8 heteroatoms. The molecule has 0 aliphatic carbocycles. The number of carbonyl (C=O) groups excluding carboxylic acids is 1. The molecule has 2 heterocycles. The summed E-state index contributed by atoms with van der Waals surface area (Å²) in [6, 6.07) is 7.19. The van der Waals surface area contributed by atoms with Crippen molar-refractivity contribution >= 4 is 11.8 Å². The third kappa shape index (κ3) is 3.58. The van der Waals surface area contributed by atoms with Gasteiger partial charge in [0, 0.05) is 30.9 Å². The number of carbonyl (C=O) groups is 1. The lowest BCUT2D eigenvalue weighted by Gasteiger charge is -2.16. The minimum atomic E-state index is -0.310. The second kappa shape index (κ2) is 7.75. The Labute approximate surface area is 164 Å². The van der Waals surface area contributed by atoms with Crippen molar-refractivity contribution in [1.82, 2.24) is 24.9 Å². The molecule has 0 aliphatic heterocycles. The summed E-state index contributed by atoms with van der Waals surface area (Å²) in [5, 5.41) is 14.6. The van der Waals surface area contributed by atoms with Crippen molar-refractivity contribution in [2.24, 2.45) is 14.1 Å². The molecule has 28 heavy (non-hydrogen) atoms. The van der Waals surface area contributed by atoms with Crippen LogP contribution in [0, 0.1) is 13.8 Å². The molecule has 148 valence electrons. The Morgan fingerprint density at radius 2 is 1.89 bits per heavy atom. The van der Waals surface area contributed by atoms with Crippen molar-refractivity contribution < 1.29 is 9.53 Å². The van der Waals surface area contributed by atoms with E-state index < -0.39 is 0 Å². The zero-order chi connectivity index (χ0) is 20.4. The highest BCUT2D eigenvalue weighted by atomic mass is 16.5. The van der Waals surface area contributed by atoms with Crippen LogP contribution in [0.2, 0.25) is 0 Å². The molecule has 2 aromatic heterocycles. The van der Waals surface area contributed by atoms with Gasteiger partial charge in [-0.25, -0.2) is 4.79 Å². The Morgan fingerprint density at radius 1 is 1.18 bits per heavy atom. The van der Waals surface area contributed by atoms with Crippen molar-refractivity contribution in [2.45, 2.75) is 26.8 Å². The van der Waals surface area contributed by atoms with Gasteiger partial charge in [-0.15, -0.1) is 0 Å². The first kappa shape index (κ1) is 19.5. The van der Waals surface area contributed by atoms with Crippen LogP contribution in [-0.2, 0) is 14.1 Å². The van der Waals surface area contributed by atoms with E-state index in [2.05, 4.69) is 20.8 Å². The lowest BCUT2D eigenvalue weighted by atomic mass is 10.0. The normalized spacial score (nSPS) is 11.9. The second-order valence-electron chi connectivity index (χ2n) is 6.76. The number of aryl methyl sites for hydroxylation is 3. The Morgan fingerprint density at radius 3 is 2.54 bits per heavy atom. The van der Waals surface area contributed by atoms with Gasteiger partial charge in [0.2, 0.25) is 0 Å². The summed E-state index contributed by atoms with van der Waals surface area (Å²) in [5.74, 6) is 1.33. The van der Waals surface area contributed by atoms with Gasteiger partial charge in [-0.2, -0.15) is 10.2 Å². The van der Waals surface area contributed by atoms with Crippen LogP contribution >= 0.6 is 0 Å². The lowest BCUT2D eigenvalue weighted by molar-refractivity contribution is 0.249. The SMILES string of the molecule is COc1ccccc1-c1c(C)nn(C)c1NC(=O)N[C@H](C)c1cnn(C)c1C. The number of benzene rings is 1. The molecule has 0 unspecified atom stereocenters. The predicted molar refractivity (Wildman–Crippen MR) is 108 cm³/mol. The number of urea groups is 1. The molecule has 3 aromatic rings. The second-order valence-corrected chi connectivity index (χ2v) is 6.76. The number of nitrogens with zero attached hydrogens (tertiary/aromatic N) is 4. The highest BCUT2D eigenvalue weighted by molar-refractivity contribution is 5.94. The van der Waals surface area contributed by atoms with Gasteiger partial charge in [0.1, 0.15) is 11.6 Å². The summed E-state index contributed by atoms with van der Waals surface area (Å²) in [7, 11) is 5.31. The summed E-state index contributed by atoms with van der Waals surface area (Å²) in [6.07, 6.45) is 1.77. The first-order valence-electron chi connectivity index (χ1n) is 9.06. The van der Waals surface area contributed by atoms with Crippen LogP contribution in [0.4, 0.5) is 10.6 Å². The average Bonchev–Trinajstić information content (AvgIpc) is 3.13. The molecule has 0 spiro atoms. The van der Waals surface area contributed by atoms with Crippen LogP contribution in [0.5, 0.6) is 5.75 Å². The van der Waals surface area contributed by atoms with Crippen molar-refractivity contribution in [3.63, 3.8) is 0 Å². The molecule has 2 amide bonds. The molecule has 8 nitrogen and oxygen atoms in total. The molecular formula is C20H26N6O2. The molecule has 0 fully saturated rings. The van der Waals surface area contributed by atoms with Gasteiger partial charge in [-0.05, 0) is 26.8 Å². The van der Waals surface area contributed by atoms with Crippen molar-refractivity contribution in [3.05, 3.63) is 47.4 Å². The zero-order valence-corrected chi connectivity index (χ0v) is 17.1. The number of hydrogen-bond donors (Lipinski definition) is 2. The Balaban J connectivity index is 1.86. The summed E-state index contributed by atoms with van der Waals surface area (Å²) >= 11 is 0. The predicted octanol–water partition coefficient (Wildman–Crippen LogP) is 3.33. The van der Waals surface area contributed by atoms with E-state index in [-0.39, 0.29) is 12.1 Å². The van der Waals surface area contributed by atoms with Gasteiger partial charge in [-0.1, -0.05) is 18.2 Å². The minimum absolute atomic E-state index is 0.183. The van der Waals surface area contributed by atoms with E-state index in [1.165, 1.54) is 0 Å². The van der Waals surface area contributed by atoms with E-state index in [0.29, 0.717) is 5.82 Å². The maximum atomic E-state index is 12.7. The van der Waals surface area contributed by atoms with Crippen molar-refractivity contribution in [3.8, 4) is 16.9 Å². The number of methoxy groups -OCH3 is 1. The van der Waals surface area contributed by atoms with Crippen LogP contribution in [0.25, 0.3) is 11.1 Å². The van der Waals surface area contributed by atoms with Gasteiger partial charge in [0.25, 0.3) is 0 Å². The van der Waals surface area contributed by atoms with E-state index in [1.807, 2.05) is 52.1 Å². The molecule has 0 radical (unpaired) electrons. The molecule has 0 aliphatic rings. The van der Waals surface area contributed by atoms with Gasteiger partial charge >= 0.3 is 6.03 Å². The fraction of sp³-hybridized carbons (Fsp3) is 0.350. The Hall–Kier alpha value is -3.29. The van der Waals surface area contributed by atoms with E-state index in [0.717, 1.165) is 33.8 Å². The summed E-state index contributed by atoms with van der Waals surface area (Å²) in [5.41, 5.74) is 4.50. The zero-order valence-electron chi connectivity index (χ0n) is 17.1. The van der Waals surface area contributed by atoms with Gasteiger partial charge < -0.3 is 10.1 Å². The van der Waals surface area contributed by atoms with Crippen LogP contribution in [0.1, 0.15) is 29.9 Å². The largest absolute Gasteiger partial charge is 0.496 e. The minimum Gasteiger partial charge on any atom is -0.496 e. The number of para-hydroxylation sites is 1. The van der Waals surface area contributed by atoms with Crippen LogP contribution in [0.3, 0.4) is 0 Å². The van der Waals surface area contributed by atoms with E-state index in [4.69, 9.17) is 4.74 Å². The lowest BCUT2D eigenvalue weighted by Crippen LogP contribution is -2.32. The smallest absolute Gasteiger partial charge is 0.320 e. The van der Waals surface area contributed by atoms with Gasteiger partial charge in [0.15, 0.2) is 0 Å². The first-order chi connectivity index (χ1) is 13.3. The topological polar surface area (TPSA) is 86.0 Å². The number of aromatic nitrogens is 4. The number of hydrogen-bond acceptors (Lipinski definition) is 4. The summed E-state index contributed by atoms with van der Waals surface area (Å²) in [4.78, 5) is 12.7. The Kier molecular flexibility index (Phi) is 5.39. The summed E-state index contributed by atoms with van der Waals surface area (Å²) in [6.45, 7) is 5.81. The third-order valence-electron chi connectivity index (χ3n) is 4.92. The van der Waals surface area contributed by atoms with E-state index in [1.54, 1.807) is 29.7 Å². The molecular weight excluding hydrogens is 356 g/mol. The molecule has 0 bridgehead atoms. The molecule has 2 N–H and O–H groups in total. The molecule has 1 atom stereocenters. The quantitative estimate of drug-likeness (QED) is 0.709. The molecule has 3 rings (SSSR count). The van der Waals surface area contributed by atoms with Crippen LogP contribution < -0.4 is 15.4 Å². The highest BCUT2D eigenvalue weighted by Crippen LogP contribution is 2.37.